The summed E-state index contributed by atoms with van der Waals surface area (Å²) in [5, 5.41) is 14.0. The summed E-state index contributed by atoms with van der Waals surface area (Å²) in [5.74, 6) is -0.0584. The van der Waals surface area contributed by atoms with Gasteiger partial charge in [-0.05, 0) is 43.0 Å². The van der Waals surface area contributed by atoms with E-state index in [9.17, 15) is 19.7 Å². The van der Waals surface area contributed by atoms with Crippen molar-refractivity contribution < 1.29 is 24.0 Å². The number of benzene rings is 2. The van der Waals surface area contributed by atoms with Gasteiger partial charge >= 0.3 is 12.0 Å². The summed E-state index contributed by atoms with van der Waals surface area (Å²) in [7, 11) is 1.52. The van der Waals surface area contributed by atoms with Crippen molar-refractivity contribution in [1.29, 1.82) is 0 Å². The molecule has 9 nitrogen and oxygen atoms in total. The number of urea groups is 1. The van der Waals surface area contributed by atoms with Crippen molar-refractivity contribution in [3.05, 3.63) is 75.5 Å². The summed E-state index contributed by atoms with van der Waals surface area (Å²) >= 11 is 1.60. The van der Waals surface area contributed by atoms with E-state index >= 15 is 0 Å². The highest BCUT2D eigenvalue weighted by Crippen LogP contribution is 2.33. The van der Waals surface area contributed by atoms with Gasteiger partial charge in [-0.1, -0.05) is 12.1 Å². The monoisotopic (exact) mass is 457 g/mol. The van der Waals surface area contributed by atoms with Gasteiger partial charge in [-0.2, -0.15) is 0 Å². The van der Waals surface area contributed by atoms with Crippen LogP contribution in [0.4, 0.5) is 10.5 Å². The average molecular weight is 458 g/mol. The normalized spacial score (nSPS) is 15.9. The molecule has 0 saturated carbocycles. The third-order valence-corrected chi connectivity index (χ3v) is 5.67. The number of carbonyl (C=O) groups excluding carboxylic acids is 2. The maximum atomic E-state index is 12.9. The predicted molar refractivity (Wildman–Crippen MR) is 120 cm³/mol. The minimum absolute atomic E-state index is 0.0674. The maximum Gasteiger partial charge on any atom is 0.338 e. The first-order valence-electron chi connectivity index (χ1n) is 9.81. The summed E-state index contributed by atoms with van der Waals surface area (Å²) in [6.07, 6.45) is 1.97. The van der Waals surface area contributed by atoms with Gasteiger partial charge in [0, 0.05) is 24.1 Å². The Morgan fingerprint density at radius 3 is 2.59 bits per heavy atom. The zero-order valence-electron chi connectivity index (χ0n) is 17.9. The second kappa shape index (κ2) is 10.2. The van der Waals surface area contributed by atoms with Crippen LogP contribution in [-0.4, -0.2) is 48.3 Å². The van der Waals surface area contributed by atoms with E-state index in [1.165, 1.54) is 30.1 Å². The zero-order chi connectivity index (χ0) is 23.3. The number of rotatable bonds is 8. The van der Waals surface area contributed by atoms with Crippen molar-refractivity contribution in [2.45, 2.75) is 17.9 Å². The summed E-state index contributed by atoms with van der Waals surface area (Å²) in [6, 6.07) is 11.8. The minimum atomic E-state index is -0.921. The van der Waals surface area contributed by atoms with Crippen LogP contribution in [0.5, 0.6) is 5.75 Å². The molecule has 0 aliphatic carbocycles. The molecule has 10 heteroatoms. The first-order chi connectivity index (χ1) is 15.3. The van der Waals surface area contributed by atoms with Crippen LogP contribution in [0.2, 0.25) is 0 Å². The Labute approximate surface area is 189 Å². The third kappa shape index (κ3) is 5.02. The molecule has 3 rings (SSSR count). The summed E-state index contributed by atoms with van der Waals surface area (Å²) in [6.45, 7) is 1.74. The SMILES string of the molecule is CCOC(=O)C1=C(COc2ccc(SC)cc2)N(C)C(=O)NC1c1cccc([N+](=O)[O-])c1. The Bertz CT molecular complexity index is 1050. The van der Waals surface area contributed by atoms with E-state index in [0.29, 0.717) is 17.0 Å². The van der Waals surface area contributed by atoms with Gasteiger partial charge < -0.3 is 14.8 Å². The number of hydrogen-bond acceptors (Lipinski definition) is 7. The maximum absolute atomic E-state index is 12.9. The molecule has 0 bridgehead atoms. The van der Waals surface area contributed by atoms with Gasteiger partial charge in [0.1, 0.15) is 12.4 Å². The van der Waals surface area contributed by atoms with Crippen LogP contribution in [0.25, 0.3) is 0 Å². The number of nitrogens with one attached hydrogen (secondary N) is 1. The Morgan fingerprint density at radius 2 is 1.97 bits per heavy atom. The van der Waals surface area contributed by atoms with Gasteiger partial charge in [-0.3, -0.25) is 15.0 Å². The van der Waals surface area contributed by atoms with Crippen molar-refractivity contribution >= 4 is 29.4 Å². The second-order valence-electron chi connectivity index (χ2n) is 6.84. The molecule has 1 aliphatic rings. The first kappa shape index (κ1) is 23.1. The number of nitrogens with zero attached hydrogens (tertiary/aromatic N) is 2. The topological polar surface area (TPSA) is 111 Å². The minimum Gasteiger partial charge on any atom is -0.487 e. The van der Waals surface area contributed by atoms with Crippen LogP contribution in [0.1, 0.15) is 18.5 Å². The summed E-state index contributed by atoms with van der Waals surface area (Å²) in [5.41, 5.74) is 0.726. The van der Waals surface area contributed by atoms with Crippen LogP contribution >= 0.6 is 11.8 Å². The fraction of sp³-hybridized carbons (Fsp3) is 0.273. The third-order valence-electron chi connectivity index (χ3n) is 4.92. The quantitative estimate of drug-likeness (QED) is 0.277. The van der Waals surface area contributed by atoms with Crippen molar-refractivity contribution in [1.82, 2.24) is 10.2 Å². The van der Waals surface area contributed by atoms with Gasteiger partial charge in [-0.15, -0.1) is 11.8 Å². The van der Waals surface area contributed by atoms with E-state index in [1.54, 1.807) is 36.9 Å². The van der Waals surface area contributed by atoms with Crippen LogP contribution in [0, 0.1) is 10.1 Å². The van der Waals surface area contributed by atoms with Gasteiger partial charge in [0.15, 0.2) is 0 Å². The molecule has 0 aromatic heterocycles. The van der Waals surface area contributed by atoms with E-state index in [0.717, 1.165) is 4.90 Å². The Morgan fingerprint density at radius 1 is 1.25 bits per heavy atom. The van der Waals surface area contributed by atoms with Gasteiger partial charge in [0.05, 0.1) is 28.8 Å². The van der Waals surface area contributed by atoms with Gasteiger partial charge in [-0.25, -0.2) is 9.59 Å². The van der Waals surface area contributed by atoms with E-state index in [-0.39, 0.29) is 24.5 Å². The van der Waals surface area contributed by atoms with E-state index < -0.39 is 23.0 Å². The summed E-state index contributed by atoms with van der Waals surface area (Å²) in [4.78, 5) is 38.6. The van der Waals surface area contributed by atoms with E-state index in [4.69, 9.17) is 9.47 Å². The number of nitro benzene ring substituents is 1. The van der Waals surface area contributed by atoms with Crippen molar-refractivity contribution in [2.75, 3.05) is 26.5 Å². The van der Waals surface area contributed by atoms with Gasteiger partial charge in [0.25, 0.3) is 5.69 Å². The molecule has 1 aliphatic heterocycles. The van der Waals surface area contributed by atoms with E-state index in [1.807, 2.05) is 18.4 Å². The number of nitro groups is 1. The molecule has 0 radical (unpaired) electrons. The number of amides is 2. The van der Waals surface area contributed by atoms with Crippen LogP contribution < -0.4 is 10.1 Å². The van der Waals surface area contributed by atoms with Crippen LogP contribution in [0.15, 0.2) is 64.7 Å². The van der Waals surface area contributed by atoms with Crippen molar-refractivity contribution in [3.8, 4) is 5.75 Å². The number of non-ortho nitro benzene ring substituents is 1. The number of ether oxygens (including phenoxy) is 2. The fourth-order valence-electron chi connectivity index (χ4n) is 3.27. The summed E-state index contributed by atoms with van der Waals surface area (Å²) < 4.78 is 11.1. The molecule has 0 saturated heterocycles. The second-order valence-corrected chi connectivity index (χ2v) is 7.72. The number of esters is 1. The highest BCUT2D eigenvalue weighted by atomic mass is 32.2. The largest absolute Gasteiger partial charge is 0.487 e. The molecule has 168 valence electrons. The molecule has 2 aromatic carbocycles. The lowest BCUT2D eigenvalue weighted by Crippen LogP contribution is -2.48. The first-order valence-corrected chi connectivity index (χ1v) is 11.0. The zero-order valence-corrected chi connectivity index (χ0v) is 18.7. The molecule has 2 amide bonds. The van der Waals surface area contributed by atoms with Crippen molar-refractivity contribution in [3.63, 3.8) is 0 Å². The average Bonchev–Trinajstić information content (AvgIpc) is 2.80. The molecule has 2 aromatic rings. The van der Waals surface area contributed by atoms with E-state index in [2.05, 4.69) is 5.32 Å². The molecule has 0 fully saturated rings. The lowest BCUT2D eigenvalue weighted by atomic mass is 9.94. The molecule has 1 atom stereocenters. The lowest BCUT2D eigenvalue weighted by molar-refractivity contribution is -0.384. The Kier molecular flexibility index (Phi) is 7.37. The molecular weight excluding hydrogens is 434 g/mol. The molecule has 1 unspecified atom stereocenters. The smallest absolute Gasteiger partial charge is 0.338 e. The number of carbonyl (C=O) groups is 2. The number of hydrogen-bond donors (Lipinski definition) is 1. The predicted octanol–water partition coefficient (Wildman–Crippen LogP) is 3.91. The molecular formula is C22H23N3O6S. The van der Waals surface area contributed by atoms with Crippen LogP contribution in [0.3, 0.4) is 0 Å². The van der Waals surface area contributed by atoms with Crippen LogP contribution in [-0.2, 0) is 9.53 Å². The molecule has 1 heterocycles. The molecule has 1 N–H and O–H groups in total. The Hall–Kier alpha value is -3.53. The lowest BCUT2D eigenvalue weighted by Gasteiger charge is -2.34. The highest BCUT2D eigenvalue weighted by Gasteiger charge is 2.37. The molecule has 32 heavy (non-hydrogen) atoms. The van der Waals surface area contributed by atoms with Crippen molar-refractivity contribution in [2.24, 2.45) is 0 Å². The Balaban J connectivity index is 2.02. The number of likely N-dealkylation sites (N-methyl/N-ethyl adjacent to an activating group) is 1. The standard InChI is InChI=1S/C22H23N3O6S/c1-4-30-21(26)19-18(13-31-16-8-10-17(32-3)11-9-16)24(2)22(27)23-20(19)14-6-5-7-15(12-14)25(28)29/h5-12,20H,4,13H2,1-3H3,(H,23,27). The number of thioether (sulfide) groups is 1. The molecule has 0 spiro atoms. The van der Waals surface area contributed by atoms with Gasteiger partial charge in [0.2, 0.25) is 0 Å². The highest BCUT2D eigenvalue weighted by molar-refractivity contribution is 7.98. The fourth-order valence-corrected chi connectivity index (χ4v) is 3.68.